The van der Waals surface area contributed by atoms with Crippen molar-refractivity contribution in [2.75, 3.05) is 45.3 Å². The van der Waals surface area contributed by atoms with Crippen molar-refractivity contribution in [3.05, 3.63) is 68.2 Å². The number of benzene rings is 2. The lowest BCUT2D eigenvalue weighted by Crippen LogP contribution is -2.48. The van der Waals surface area contributed by atoms with E-state index in [4.69, 9.17) is 26.1 Å². The van der Waals surface area contributed by atoms with E-state index in [1.54, 1.807) is 14.2 Å². The summed E-state index contributed by atoms with van der Waals surface area (Å²) in [5.74, 6) is 1.41. The monoisotopic (exact) mass is 538 g/mol. The fourth-order valence-electron chi connectivity index (χ4n) is 3.76. The van der Waals surface area contributed by atoms with Crippen LogP contribution in [0, 0.1) is 10.1 Å². The van der Waals surface area contributed by atoms with E-state index in [0.717, 1.165) is 22.5 Å². The zero-order valence-electron chi connectivity index (χ0n) is 19.0. The minimum absolute atomic E-state index is 0.106. The van der Waals surface area contributed by atoms with Gasteiger partial charge in [-0.1, -0.05) is 11.6 Å². The molecule has 2 heterocycles. The topological polar surface area (TPSA) is 115 Å². The smallest absolute Gasteiger partial charge is 0.289 e. The third-order valence-corrected chi connectivity index (χ3v) is 8.76. The van der Waals surface area contributed by atoms with E-state index < -0.39 is 20.6 Å². The molecule has 0 atom stereocenters. The highest BCUT2D eigenvalue weighted by molar-refractivity contribution is 7.89. The molecule has 1 aliphatic rings. The van der Waals surface area contributed by atoms with Crippen LogP contribution in [0.4, 0.5) is 10.8 Å². The molecule has 0 radical (unpaired) electrons. The van der Waals surface area contributed by atoms with Crippen LogP contribution < -0.4 is 14.4 Å². The Morgan fingerprint density at radius 2 is 1.74 bits per heavy atom. The average molecular weight is 539 g/mol. The third-order valence-electron chi connectivity index (χ3n) is 5.60. The number of aromatic nitrogens is 1. The van der Waals surface area contributed by atoms with E-state index in [9.17, 15) is 18.5 Å². The average Bonchev–Trinajstić information content (AvgIpc) is 3.32. The molecule has 0 unspecified atom stereocenters. The minimum atomic E-state index is -3.89. The van der Waals surface area contributed by atoms with Gasteiger partial charge in [-0.05, 0) is 29.8 Å². The van der Waals surface area contributed by atoms with Gasteiger partial charge in [0.1, 0.15) is 16.5 Å². The van der Waals surface area contributed by atoms with Crippen molar-refractivity contribution < 1.29 is 22.8 Å². The van der Waals surface area contributed by atoms with Gasteiger partial charge in [-0.15, -0.1) is 11.3 Å². The van der Waals surface area contributed by atoms with Crippen molar-refractivity contribution in [2.45, 2.75) is 11.3 Å². The summed E-state index contributed by atoms with van der Waals surface area (Å²) < 4.78 is 38.1. The van der Waals surface area contributed by atoms with Gasteiger partial charge in [0, 0.05) is 50.1 Å². The number of hydrogen-bond donors (Lipinski definition) is 0. The van der Waals surface area contributed by atoms with Crippen LogP contribution in [-0.4, -0.2) is 63.0 Å². The first kappa shape index (κ1) is 25.2. The SMILES string of the molecule is COc1cc(Cc2csc(N3CCN(S(=O)(=O)c4ccc(Cl)c([N+](=O)[O-])c4)CC3)n2)cc(OC)c1. The molecule has 1 fully saturated rings. The zero-order chi connectivity index (χ0) is 25.2. The summed E-state index contributed by atoms with van der Waals surface area (Å²) in [5.41, 5.74) is 1.46. The van der Waals surface area contributed by atoms with Gasteiger partial charge in [0.15, 0.2) is 5.13 Å². The van der Waals surface area contributed by atoms with Crippen molar-refractivity contribution >= 4 is 43.8 Å². The lowest BCUT2D eigenvalue weighted by molar-refractivity contribution is -0.384. The Kier molecular flexibility index (Phi) is 7.45. The lowest BCUT2D eigenvalue weighted by Gasteiger charge is -2.33. The molecule has 1 aromatic heterocycles. The van der Waals surface area contributed by atoms with Gasteiger partial charge in [-0.3, -0.25) is 10.1 Å². The van der Waals surface area contributed by atoms with Crippen molar-refractivity contribution in [2.24, 2.45) is 0 Å². The molecule has 0 N–H and O–H groups in total. The maximum atomic E-state index is 13.0. The van der Waals surface area contributed by atoms with Gasteiger partial charge in [0.05, 0.1) is 29.7 Å². The number of methoxy groups -OCH3 is 2. The van der Waals surface area contributed by atoms with Gasteiger partial charge < -0.3 is 14.4 Å². The molecule has 13 heteroatoms. The first-order valence-electron chi connectivity index (χ1n) is 10.6. The second-order valence-electron chi connectivity index (χ2n) is 7.78. The van der Waals surface area contributed by atoms with Crippen LogP contribution >= 0.6 is 22.9 Å². The van der Waals surface area contributed by atoms with Crippen LogP contribution in [0.3, 0.4) is 0 Å². The first-order valence-corrected chi connectivity index (χ1v) is 13.3. The Morgan fingerprint density at radius 1 is 1.09 bits per heavy atom. The van der Waals surface area contributed by atoms with Gasteiger partial charge in [-0.2, -0.15) is 4.31 Å². The molecular formula is C22H23ClN4O6S2. The first-order chi connectivity index (χ1) is 16.7. The molecule has 1 saturated heterocycles. The molecule has 3 aromatic rings. The predicted molar refractivity (Wildman–Crippen MR) is 134 cm³/mol. The van der Waals surface area contributed by atoms with Crippen LogP contribution in [0.25, 0.3) is 0 Å². The summed E-state index contributed by atoms with van der Waals surface area (Å²) >= 11 is 7.32. The molecule has 0 bridgehead atoms. The Bertz CT molecular complexity index is 1320. The number of halogens is 1. The molecular weight excluding hydrogens is 516 g/mol. The maximum Gasteiger partial charge on any atom is 0.289 e. The lowest BCUT2D eigenvalue weighted by atomic mass is 10.1. The number of piperazine rings is 1. The van der Waals surface area contributed by atoms with E-state index >= 15 is 0 Å². The second kappa shape index (κ2) is 10.4. The Balaban J connectivity index is 1.43. The zero-order valence-corrected chi connectivity index (χ0v) is 21.4. The molecule has 0 saturated carbocycles. The summed E-state index contributed by atoms with van der Waals surface area (Å²) in [6, 6.07) is 9.21. The van der Waals surface area contributed by atoms with Gasteiger partial charge in [0.25, 0.3) is 5.69 Å². The number of nitro benzene ring substituents is 1. The number of nitro groups is 1. The van der Waals surface area contributed by atoms with E-state index in [2.05, 4.69) is 0 Å². The number of nitrogens with zero attached hydrogens (tertiary/aromatic N) is 4. The number of rotatable bonds is 8. The number of ether oxygens (including phenoxy) is 2. The molecule has 1 aliphatic heterocycles. The summed E-state index contributed by atoms with van der Waals surface area (Å²) in [6.45, 7) is 1.38. The van der Waals surface area contributed by atoms with E-state index in [1.807, 2.05) is 28.5 Å². The fraction of sp³-hybridized carbons (Fsp3) is 0.318. The number of anilines is 1. The molecule has 0 amide bonds. The maximum absolute atomic E-state index is 13.0. The van der Waals surface area contributed by atoms with Crippen molar-refractivity contribution in [3.8, 4) is 11.5 Å². The van der Waals surface area contributed by atoms with E-state index in [-0.39, 0.29) is 23.0 Å². The van der Waals surface area contributed by atoms with Crippen LogP contribution in [0.5, 0.6) is 11.5 Å². The molecule has 2 aromatic carbocycles. The Hall–Kier alpha value is -2.93. The third kappa shape index (κ3) is 5.50. The quantitative estimate of drug-likeness (QED) is 0.314. The van der Waals surface area contributed by atoms with Crippen LogP contribution in [0.1, 0.15) is 11.3 Å². The highest BCUT2D eigenvalue weighted by Crippen LogP contribution is 2.30. The summed E-state index contributed by atoms with van der Waals surface area (Å²) in [4.78, 5) is 17.1. The van der Waals surface area contributed by atoms with E-state index in [1.165, 1.54) is 27.8 Å². The molecule has 0 aliphatic carbocycles. The summed E-state index contributed by atoms with van der Waals surface area (Å²) in [5, 5.41) is 13.8. The second-order valence-corrected chi connectivity index (χ2v) is 11.0. The van der Waals surface area contributed by atoms with Crippen molar-refractivity contribution in [1.29, 1.82) is 0 Å². The van der Waals surface area contributed by atoms with Gasteiger partial charge in [-0.25, -0.2) is 13.4 Å². The molecule has 10 nitrogen and oxygen atoms in total. The number of hydrogen-bond acceptors (Lipinski definition) is 9. The van der Waals surface area contributed by atoms with Crippen molar-refractivity contribution in [1.82, 2.24) is 9.29 Å². The highest BCUT2D eigenvalue weighted by atomic mass is 35.5. The van der Waals surface area contributed by atoms with Crippen LogP contribution in [0.2, 0.25) is 5.02 Å². The molecule has 4 rings (SSSR count). The van der Waals surface area contributed by atoms with Crippen LogP contribution in [-0.2, 0) is 16.4 Å². The molecule has 186 valence electrons. The van der Waals surface area contributed by atoms with Crippen LogP contribution in [0.15, 0.2) is 46.7 Å². The molecule has 35 heavy (non-hydrogen) atoms. The van der Waals surface area contributed by atoms with E-state index in [0.29, 0.717) is 31.0 Å². The largest absolute Gasteiger partial charge is 0.497 e. The molecule has 0 spiro atoms. The minimum Gasteiger partial charge on any atom is -0.497 e. The highest BCUT2D eigenvalue weighted by Gasteiger charge is 2.31. The van der Waals surface area contributed by atoms with Gasteiger partial charge in [0.2, 0.25) is 10.0 Å². The normalized spacial score (nSPS) is 14.7. The predicted octanol–water partition coefficient (Wildman–Crippen LogP) is 3.82. The summed E-state index contributed by atoms with van der Waals surface area (Å²) in [7, 11) is -0.677. The Labute approximate surface area is 211 Å². The standard InChI is InChI=1S/C22H23ClN4O6S2/c1-32-17-10-15(11-18(12-17)33-2)9-16-14-34-22(24-16)25-5-7-26(8-6-25)35(30,31)19-3-4-20(23)21(13-19)27(28)29/h3-4,10-14H,5-9H2,1-2H3. The fourth-order valence-corrected chi connectivity index (χ4v) is 6.27. The Morgan fingerprint density at radius 3 is 2.34 bits per heavy atom. The number of sulfonamides is 1. The van der Waals surface area contributed by atoms with Gasteiger partial charge >= 0.3 is 0 Å². The number of thiazole rings is 1. The van der Waals surface area contributed by atoms with Crippen molar-refractivity contribution in [3.63, 3.8) is 0 Å². The summed E-state index contributed by atoms with van der Waals surface area (Å²) in [6.07, 6.45) is 0.605.